The molecule has 7 atom stereocenters. The molecule has 18 heteroatoms. The lowest BCUT2D eigenvalue weighted by molar-refractivity contribution is -0.156. The minimum absolute atomic E-state index is 0.0826. The minimum atomic E-state index is -4.10. The second kappa shape index (κ2) is 16.3. The first-order chi connectivity index (χ1) is 28.0. The van der Waals surface area contributed by atoms with Crippen LogP contribution in [0.15, 0.2) is 36.4 Å². The van der Waals surface area contributed by atoms with Gasteiger partial charge in [0.1, 0.15) is 35.0 Å². The van der Waals surface area contributed by atoms with E-state index in [-0.39, 0.29) is 50.1 Å². The molecule has 0 radical (unpaired) electrons. The maximum atomic E-state index is 15.4. The van der Waals surface area contributed by atoms with Crippen LogP contribution < -0.4 is 24.2 Å². The summed E-state index contributed by atoms with van der Waals surface area (Å²) in [7, 11) is -2.58. The van der Waals surface area contributed by atoms with Gasteiger partial charge in [0.2, 0.25) is 33.6 Å². The molecule has 2 aliphatic carbocycles. The van der Waals surface area contributed by atoms with Crippen molar-refractivity contribution in [1.82, 2.24) is 24.8 Å². The zero-order valence-corrected chi connectivity index (χ0v) is 36.2. The molecule has 1 aromatic heterocycles. The number of aromatic nitrogens is 1. The third-order valence-electron chi connectivity index (χ3n) is 12.9. The van der Waals surface area contributed by atoms with E-state index >= 15 is 13.6 Å². The highest BCUT2D eigenvalue weighted by Crippen LogP contribution is 2.48. The maximum Gasteiger partial charge on any atom is 0.408 e. The van der Waals surface area contributed by atoms with E-state index in [9.17, 15) is 27.9 Å². The minimum Gasteiger partial charge on any atom is -0.497 e. The van der Waals surface area contributed by atoms with Gasteiger partial charge in [-0.25, -0.2) is 22.0 Å². The van der Waals surface area contributed by atoms with E-state index in [1.54, 1.807) is 44.2 Å². The molecule has 1 aromatic carbocycles. The number of carboxylic acid groups (broad SMARTS) is 1. The number of sulfonamides is 1. The van der Waals surface area contributed by atoms with Gasteiger partial charge < -0.3 is 29.5 Å². The quantitative estimate of drug-likeness (QED) is 0.236. The third-order valence-corrected chi connectivity index (χ3v) is 15.1. The van der Waals surface area contributed by atoms with Crippen LogP contribution in [-0.2, 0) is 24.4 Å². The molecule has 0 spiro atoms. The summed E-state index contributed by atoms with van der Waals surface area (Å²) in [5, 5.41) is 14.7. The van der Waals surface area contributed by atoms with E-state index in [1.165, 1.54) is 14.0 Å². The number of ether oxygens (including phenoxy) is 3. The van der Waals surface area contributed by atoms with Crippen LogP contribution in [0.2, 0.25) is 0 Å². The summed E-state index contributed by atoms with van der Waals surface area (Å²) in [6.45, 7) is 9.60. The van der Waals surface area contributed by atoms with Gasteiger partial charge in [0.15, 0.2) is 0 Å². The van der Waals surface area contributed by atoms with E-state index < -0.39 is 85.6 Å². The summed E-state index contributed by atoms with van der Waals surface area (Å²) in [4.78, 5) is 63.3. The summed E-state index contributed by atoms with van der Waals surface area (Å²) < 4.78 is 76.1. The van der Waals surface area contributed by atoms with Crippen LogP contribution in [0, 0.1) is 17.8 Å². The van der Waals surface area contributed by atoms with Gasteiger partial charge in [0.05, 0.1) is 25.0 Å². The number of pyridine rings is 1. The molecule has 60 heavy (non-hydrogen) atoms. The van der Waals surface area contributed by atoms with Crippen LogP contribution in [0.3, 0.4) is 0 Å². The normalized spacial score (nSPS) is 28.3. The van der Waals surface area contributed by atoms with Gasteiger partial charge in [-0.05, 0) is 102 Å². The Morgan fingerprint density at radius 1 is 1.13 bits per heavy atom. The second-order valence-electron chi connectivity index (χ2n) is 17.8. The summed E-state index contributed by atoms with van der Waals surface area (Å²) in [5.41, 5.74) is -4.06. The number of hydrogen-bond acceptors (Lipinski definition) is 10. The lowest BCUT2D eigenvalue weighted by Crippen LogP contribution is -2.66. The number of nitrogens with one attached hydrogen (secondary N) is 2. The van der Waals surface area contributed by atoms with Gasteiger partial charge in [-0.15, -0.1) is 0 Å². The molecule has 3 heterocycles. The van der Waals surface area contributed by atoms with Gasteiger partial charge in [-0.1, -0.05) is 26.0 Å². The van der Waals surface area contributed by atoms with Crippen molar-refractivity contribution in [3.05, 3.63) is 36.4 Å². The average Bonchev–Trinajstić information content (AvgIpc) is 4.04. The molecule has 2 aliphatic heterocycles. The molecule has 4 aliphatic rings. The molecule has 330 valence electrons. The summed E-state index contributed by atoms with van der Waals surface area (Å²) in [6, 6.07) is 3.82. The van der Waals surface area contributed by atoms with E-state index in [0.29, 0.717) is 54.0 Å². The van der Waals surface area contributed by atoms with Gasteiger partial charge in [-0.2, -0.15) is 4.98 Å². The van der Waals surface area contributed by atoms with E-state index in [2.05, 4.69) is 15.0 Å². The average molecular weight is 862 g/mol. The molecule has 3 N–H and O–H groups in total. The Labute approximate surface area is 349 Å². The summed E-state index contributed by atoms with van der Waals surface area (Å²) >= 11 is 0. The topological polar surface area (TPSA) is 194 Å². The van der Waals surface area contributed by atoms with Crippen LogP contribution in [0.25, 0.3) is 10.8 Å². The van der Waals surface area contributed by atoms with Gasteiger partial charge in [0, 0.05) is 30.7 Å². The van der Waals surface area contributed by atoms with Gasteiger partial charge >= 0.3 is 6.09 Å². The first kappa shape index (κ1) is 44.8. The maximum absolute atomic E-state index is 15.4. The highest BCUT2D eigenvalue weighted by molar-refractivity contribution is 7.91. The Bertz CT molecular complexity index is 2160. The molecule has 1 saturated heterocycles. The molecule has 4 amide bonds. The van der Waals surface area contributed by atoms with E-state index in [1.807, 2.05) is 13.0 Å². The van der Waals surface area contributed by atoms with E-state index in [4.69, 9.17) is 14.2 Å². The fraction of sp³-hybridized carbons (Fsp3) is 0.643. The van der Waals surface area contributed by atoms with Gasteiger partial charge in [0.25, 0.3) is 11.8 Å². The largest absolute Gasteiger partial charge is 0.497 e. The lowest BCUT2D eigenvalue weighted by atomic mass is 9.84. The number of rotatable bonds is 11. The predicted molar refractivity (Wildman–Crippen MR) is 217 cm³/mol. The highest BCUT2D eigenvalue weighted by atomic mass is 32.2. The molecule has 6 rings (SSSR count). The van der Waals surface area contributed by atoms with Crippen LogP contribution in [0.4, 0.5) is 13.6 Å². The Morgan fingerprint density at radius 2 is 1.83 bits per heavy atom. The van der Waals surface area contributed by atoms with Crippen LogP contribution in [0.5, 0.6) is 17.5 Å². The second-order valence-corrected chi connectivity index (χ2v) is 20.0. The summed E-state index contributed by atoms with van der Waals surface area (Å²) in [5.74, 6) is -6.81. The zero-order chi connectivity index (χ0) is 44.2. The highest BCUT2D eigenvalue weighted by Gasteiger charge is 2.63. The first-order valence-corrected chi connectivity index (χ1v) is 22.0. The van der Waals surface area contributed by atoms with Crippen molar-refractivity contribution in [3.8, 4) is 17.5 Å². The molecule has 0 unspecified atom stereocenters. The van der Waals surface area contributed by atoms with Crippen molar-refractivity contribution in [3.63, 3.8) is 0 Å². The number of nitrogens with zero attached hydrogens (tertiary/aromatic N) is 3. The van der Waals surface area contributed by atoms with Crippen LogP contribution >= 0.6 is 0 Å². The molecule has 0 bridgehead atoms. The zero-order valence-electron chi connectivity index (χ0n) is 35.4. The third kappa shape index (κ3) is 8.57. The Hall–Kier alpha value is -4.74. The molecule has 2 saturated carbocycles. The Balaban J connectivity index is 1.44. The Morgan fingerprint density at radius 3 is 2.45 bits per heavy atom. The number of benzene rings is 1. The van der Waals surface area contributed by atoms with Crippen LogP contribution in [-0.4, -0.2) is 112 Å². The predicted octanol–water partition coefficient (Wildman–Crippen LogP) is 5.66. The number of fused-ring (bicyclic) bond motifs is 3. The van der Waals surface area contributed by atoms with Crippen LogP contribution in [0.1, 0.15) is 93.4 Å². The lowest BCUT2D eigenvalue weighted by Gasteiger charge is -2.47. The number of carbonyl (C=O) groups excluding carboxylic acids is 3. The fourth-order valence-electron chi connectivity index (χ4n) is 8.44. The Kier molecular flexibility index (Phi) is 12.1. The van der Waals surface area contributed by atoms with Gasteiger partial charge in [-0.3, -0.25) is 24.0 Å². The molecular weight excluding hydrogens is 805 g/mol. The molecule has 15 nitrogen and oxygen atoms in total. The number of amides is 4. The van der Waals surface area contributed by atoms with Crippen molar-refractivity contribution in [2.45, 2.75) is 133 Å². The standard InChI is InChI=1S/C42H57F2N5O10S/c1-9-58-32-20-26-19-28(57-8)14-15-30(26)35(45-32)59-29-21-31-34(50)46-42(37(52)47-60(55,56)40(6)16-17-40)22-27(42)13-11-10-12-24(2)18-25(3)33(36(51)48(31)23-29)49(38(53)54)39(4,5)41(7,43)44/h11,13-15,19-20,24-25,27,29,31,33H,9-10,12,16-18,21-23H2,1-8H3,(H,46,50)(H,47,52)(H,53,54)/t24-,25-,27-,29-,31+,33+,42-/m1/s1. The number of allylic oxidation sites excluding steroid dienone is 1. The first-order valence-electron chi connectivity index (χ1n) is 20.5. The van der Waals surface area contributed by atoms with Crippen molar-refractivity contribution >= 4 is 44.6 Å². The van der Waals surface area contributed by atoms with Crippen molar-refractivity contribution in [2.75, 3.05) is 20.3 Å². The molecule has 3 fully saturated rings. The van der Waals surface area contributed by atoms with Crippen molar-refractivity contribution < 1.29 is 55.7 Å². The number of carbonyl (C=O) groups is 4. The SMILES string of the molecule is CCOc1cc2cc(OC)ccc2c(O[C@@H]2C[C@H]3C(=O)N[C@]4(C(=O)NS(=O)(=O)C5(C)CC5)C[C@H]4C=CCC[C@@H](C)C[C@@H](C)[C@H](N(C(=O)O)C(C)(C)C(C)(F)F)C(=O)N3C2)n1. The van der Waals surface area contributed by atoms with E-state index in [0.717, 1.165) is 18.7 Å². The number of alkyl halides is 2. The number of methoxy groups -OCH3 is 1. The number of halogens is 2. The molecular formula is C42H57F2N5O10S. The fourth-order valence-corrected chi connectivity index (χ4v) is 9.75. The summed E-state index contributed by atoms with van der Waals surface area (Å²) in [6.07, 6.45) is 2.94. The van der Waals surface area contributed by atoms with Crippen molar-refractivity contribution in [1.29, 1.82) is 0 Å². The molecule has 2 aromatic rings. The smallest absolute Gasteiger partial charge is 0.408 e. The van der Waals surface area contributed by atoms with Crippen molar-refractivity contribution in [2.24, 2.45) is 17.8 Å². The number of hydrogen-bond donors (Lipinski definition) is 3. The monoisotopic (exact) mass is 861 g/mol.